The molecule has 12 heteroatoms. The zero-order chi connectivity index (χ0) is 46.3. The first-order valence-corrected chi connectivity index (χ1v) is 26.0. The largest absolute Gasteiger partial charge is 0.480 e. The zero-order valence-electron chi connectivity index (χ0n) is 39.4. The lowest BCUT2D eigenvalue weighted by Crippen LogP contribution is -2.34. The minimum Gasteiger partial charge on any atom is -0.480 e. The Morgan fingerprint density at radius 2 is 0.889 bits per heavy atom. The molecular weight excluding hydrogens is 818 g/mol. The predicted molar refractivity (Wildman–Crippen MR) is 258 cm³/mol. The molecule has 0 rings (SSSR count). The lowest BCUT2D eigenvalue weighted by atomic mass is 10.0. The number of carbonyl (C=O) groups excluding carboxylic acids is 2. The predicted octanol–water partition coefficient (Wildman–Crippen LogP) is 13.7. The summed E-state index contributed by atoms with van der Waals surface area (Å²) in [6, 6.07) is -1.54. The molecule has 0 aromatic rings. The van der Waals surface area contributed by atoms with Crippen LogP contribution in [0.5, 0.6) is 0 Å². The Kier molecular flexibility index (Phi) is 43.3. The number of esters is 2. The van der Waals surface area contributed by atoms with Crippen LogP contribution < -0.4 is 5.73 Å². The number of phosphoric ester groups is 1. The van der Waals surface area contributed by atoms with Crippen LogP contribution in [0.1, 0.15) is 200 Å². The molecule has 0 saturated heterocycles. The van der Waals surface area contributed by atoms with Gasteiger partial charge in [0, 0.05) is 12.8 Å². The van der Waals surface area contributed by atoms with Crippen LogP contribution in [0.15, 0.2) is 72.9 Å². The molecule has 0 aromatic heterocycles. The maximum absolute atomic E-state index is 12.6. The van der Waals surface area contributed by atoms with Crippen molar-refractivity contribution in [3.8, 4) is 0 Å². The van der Waals surface area contributed by atoms with Gasteiger partial charge >= 0.3 is 25.7 Å². The van der Waals surface area contributed by atoms with Crippen molar-refractivity contribution in [1.29, 1.82) is 0 Å². The number of rotatable bonds is 45. The van der Waals surface area contributed by atoms with Gasteiger partial charge in [-0.05, 0) is 51.4 Å². The van der Waals surface area contributed by atoms with E-state index in [-0.39, 0.29) is 19.4 Å². The van der Waals surface area contributed by atoms with E-state index in [0.717, 1.165) is 51.4 Å². The van der Waals surface area contributed by atoms with Gasteiger partial charge in [0.2, 0.25) is 0 Å². The summed E-state index contributed by atoms with van der Waals surface area (Å²) < 4.78 is 32.7. The van der Waals surface area contributed by atoms with Crippen molar-refractivity contribution in [3.05, 3.63) is 72.9 Å². The molecule has 0 radical (unpaired) electrons. The van der Waals surface area contributed by atoms with Gasteiger partial charge in [-0.2, -0.15) is 0 Å². The fraction of sp³-hybridized carbons (Fsp3) is 0.706. The monoisotopic (exact) mass is 906 g/mol. The van der Waals surface area contributed by atoms with Crippen LogP contribution in [0.4, 0.5) is 0 Å². The normalized spacial score (nSPS) is 14.2. The van der Waals surface area contributed by atoms with Crippen molar-refractivity contribution in [2.24, 2.45) is 5.73 Å². The van der Waals surface area contributed by atoms with Crippen LogP contribution >= 0.6 is 7.82 Å². The number of hydrogen-bond donors (Lipinski definition) is 3. The van der Waals surface area contributed by atoms with Gasteiger partial charge in [-0.15, -0.1) is 0 Å². The second kappa shape index (κ2) is 45.5. The number of aliphatic carboxylic acids is 1. The fourth-order valence-corrected chi connectivity index (χ4v) is 7.22. The number of nitrogens with two attached hydrogens (primary N) is 1. The molecule has 0 amide bonds. The third kappa shape index (κ3) is 45.3. The standard InChI is InChI=1S/C51H88NO10P/c1-3-5-7-9-11-13-15-17-19-21-23-25-26-28-30-32-34-36-38-40-42-49(53)59-44-47(45-60-63(57,58)61-46-48(52)51(55)56)62-50(54)43-41-39-37-35-33-31-29-27-24-22-20-18-16-14-12-10-8-6-4-2/h6,8,12,14,18,20,24,27,31,33,37,39,47-48H,3-5,7,9-11,13,15-17,19,21-23,25-26,28-30,32,34-36,38,40-46,52H2,1-2H3,(H,55,56)(H,57,58)/b8-6+,14-12+,20-18+,27-24+,33-31+,39-37+/t47-,48+/m1/s1. The second-order valence-electron chi connectivity index (χ2n) is 16.2. The molecule has 0 aromatic carbocycles. The number of allylic oxidation sites excluding steroid dienone is 12. The minimum absolute atomic E-state index is 0.0345. The lowest BCUT2D eigenvalue weighted by molar-refractivity contribution is -0.161. The van der Waals surface area contributed by atoms with Crippen molar-refractivity contribution in [2.75, 3.05) is 19.8 Å². The van der Waals surface area contributed by atoms with Gasteiger partial charge < -0.3 is 25.2 Å². The third-order valence-corrected chi connectivity index (χ3v) is 11.2. The van der Waals surface area contributed by atoms with E-state index in [9.17, 15) is 23.8 Å². The van der Waals surface area contributed by atoms with E-state index in [1.807, 2.05) is 12.2 Å². The van der Waals surface area contributed by atoms with Crippen LogP contribution in [-0.4, -0.2) is 59.9 Å². The summed E-state index contributed by atoms with van der Waals surface area (Å²) in [4.78, 5) is 46.1. The highest BCUT2D eigenvalue weighted by molar-refractivity contribution is 7.47. The summed E-state index contributed by atoms with van der Waals surface area (Å²) >= 11 is 0. The van der Waals surface area contributed by atoms with Crippen LogP contribution in [-0.2, 0) is 37.5 Å². The number of ether oxygens (including phenoxy) is 2. The molecule has 0 heterocycles. The lowest BCUT2D eigenvalue weighted by Gasteiger charge is -2.20. The molecule has 0 aliphatic carbocycles. The Bertz CT molecular complexity index is 1340. The second-order valence-corrected chi connectivity index (χ2v) is 17.7. The SMILES string of the molecule is CC/C=C/C/C=C/C/C=C/C/C=C/C/C=C/C/C=C/CCC(=O)O[C@H](COC(=O)CCCCCCCCCCCCCCCCCCCCCC)COP(=O)(O)OC[C@H](N)C(=O)O. The van der Waals surface area contributed by atoms with E-state index in [4.69, 9.17) is 24.8 Å². The summed E-state index contributed by atoms with van der Waals surface area (Å²) in [6.07, 6.45) is 55.6. The minimum atomic E-state index is -4.74. The van der Waals surface area contributed by atoms with Gasteiger partial charge in [0.25, 0.3) is 0 Å². The highest BCUT2D eigenvalue weighted by atomic mass is 31.2. The van der Waals surface area contributed by atoms with Crippen molar-refractivity contribution >= 4 is 25.7 Å². The number of carboxylic acids is 1. The number of carbonyl (C=O) groups is 3. The van der Waals surface area contributed by atoms with Gasteiger partial charge in [-0.3, -0.25) is 23.4 Å². The van der Waals surface area contributed by atoms with E-state index in [1.165, 1.54) is 103 Å². The van der Waals surface area contributed by atoms with Gasteiger partial charge in [0.05, 0.1) is 13.2 Å². The van der Waals surface area contributed by atoms with E-state index in [1.54, 1.807) is 0 Å². The highest BCUT2D eigenvalue weighted by Gasteiger charge is 2.28. The summed E-state index contributed by atoms with van der Waals surface area (Å²) in [5, 5.41) is 8.91. The van der Waals surface area contributed by atoms with Gasteiger partial charge in [0.1, 0.15) is 12.6 Å². The summed E-state index contributed by atoms with van der Waals surface area (Å²) in [5.41, 5.74) is 5.34. The maximum atomic E-state index is 12.6. The smallest absolute Gasteiger partial charge is 0.472 e. The molecule has 3 atom stereocenters. The number of hydrogen-bond acceptors (Lipinski definition) is 9. The first-order valence-electron chi connectivity index (χ1n) is 24.5. The summed E-state index contributed by atoms with van der Waals surface area (Å²) in [6.45, 7) is 2.64. The molecule has 0 saturated carbocycles. The van der Waals surface area contributed by atoms with E-state index >= 15 is 0 Å². The van der Waals surface area contributed by atoms with E-state index < -0.39 is 51.1 Å². The molecule has 0 aliphatic rings. The van der Waals surface area contributed by atoms with E-state index in [2.05, 4.69) is 79.1 Å². The molecule has 4 N–H and O–H groups in total. The molecule has 0 spiro atoms. The number of carboxylic acid groups (broad SMARTS) is 1. The van der Waals surface area contributed by atoms with Gasteiger partial charge in [0.15, 0.2) is 6.10 Å². The van der Waals surface area contributed by atoms with Crippen LogP contribution in [0.25, 0.3) is 0 Å². The van der Waals surface area contributed by atoms with Crippen LogP contribution in [0.3, 0.4) is 0 Å². The fourth-order valence-electron chi connectivity index (χ4n) is 6.44. The molecule has 63 heavy (non-hydrogen) atoms. The third-order valence-electron chi connectivity index (χ3n) is 10.2. The van der Waals surface area contributed by atoms with Crippen molar-refractivity contribution < 1.29 is 47.5 Å². The molecule has 1 unspecified atom stereocenters. The first-order chi connectivity index (χ1) is 30.6. The maximum Gasteiger partial charge on any atom is 0.472 e. The molecule has 362 valence electrons. The molecule has 0 fully saturated rings. The Hall–Kier alpha value is -3.08. The molecule has 11 nitrogen and oxygen atoms in total. The molecule has 0 bridgehead atoms. The summed E-state index contributed by atoms with van der Waals surface area (Å²) in [7, 11) is -4.74. The number of unbranched alkanes of at least 4 members (excludes halogenated alkanes) is 19. The first kappa shape index (κ1) is 59.9. The molecular formula is C51H88NO10P. The Morgan fingerprint density at radius 1 is 0.508 bits per heavy atom. The summed E-state index contributed by atoms with van der Waals surface area (Å²) in [5.74, 6) is -2.48. The Morgan fingerprint density at radius 3 is 1.30 bits per heavy atom. The zero-order valence-corrected chi connectivity index (χ0v) is 40.3. The number of phosphoric acid groups is 1. The molecule has 0 aliphatic heterocycles. The van der Waals surface area contributed by atoms with Gasteiger partial charge in [-0.25, -0.2) is 4.57 Å². The Balaban J connectivity index is 4.38. The topological polar surface area (TPSA) is 172 Å². The Labute approximate surface area is 382 Å². The van der Waals surface area contributed by atoms with Crippen molar-refractivity contribution in [2.45, 2.75) is 212 Å². The van der Waals surface area contributed by atoms with Gasteiger partial charge in [-0.1, -0.05) is 209 Å². The van der Waals surface area contributed by atoms with E-state index in [0.29, 0.717) is 19.3 Å². The average molecular weight is 906 g/mol. The van der Waals surface area contributed by atoms with Crippen LogP contribution in [0.2, 0.25) is 0 Å². The van der Waals surface area contributed by atoms with Crippen LogP contribution in [0, 0.1) is 0 Å². The van der Waals surface area contributed by atoms with Crippen molar-refractivity contribution in [1.82, 2.24) is 0 Å². The quantitative estimate of drug-likeness (QED) is 0.0230. The highest BCUT2D eigenvalue weighted by Crippen LogP contribution is 2.43. The van der Waals surface area contributed by atoms with Crippen molar-refractivity contribution in [3.63, 3.8) is 0 Å². The average Bonchev–Trinajstić information content (AvgIpc) is 3.26.